The van der Waals surface area contributed by atoms with E-state index < -0.39 is 10.0 Å². The van der Waals surface area contributed by atoms with Crippen molar-refractivity contribution in [2.75, 3.05) is 23.1 Å². The summed E-state index contributed by atoms with van der Waals surface area (Å²) in [5.74, 6) is 1.95. The Kier molecular flexibility index (Phi) is 8.04. The van der Waals surface area contributed by atoms with Crippen LogP contribution in [0.3, 0.4) is 0 Å². The third-order valence-corrected chi connectivity index (χ3v) is 7.67. The summed E-state index contributed by atoms with van der Waals surface area (Å²) >= 11 is 1.64. The number of carbonyl (C=O) groups is 1. The molecule has 2 aromatic carbocycles. The van der Waals surface area contributed by atoms with Gasteiger partial charge in [-0.15, -0.1) is 0 Å². The summed E-state index contributed by atoms with van der Waals surface area (Å²) in [5, 5.41) is 2.83. The lowest BCUT2D eigenvalue weighted by atomic mass is 10.1. The molecule has 1 heterocycles. The number of benzene rings is 2. The molecule has 0 saturated heterocycles. The molecule has 0 saturated carbocycles. The predicted molar refractivity (Wildman–Crippen MR) is 130 cm³/mol. The van der Waals surface area contributed by atoms with Crippen molar-refractivity contribution in [3.05, 3.63) is 83.3 Å². The van der Waals surface area contributed by atoms with Crippen molar-refractivity contribution in [2.45, 2.75) is 31.4 Å². The molecular formula is C24H28N2O4S2. The number of aryl methyl sites for hydroxylation is 3. The van der Waals surface area contributed by atoms with Crippen LogP contribution in [0.25, 0.3) is 0 Å². The lowest BCUT2D eigenvalue weighted by molar-refractivity contribution is -0.119. The number of carbonyl (C=O) groups excluding carboxylic acids is 1. The number of nitrogens with zero attached hydrogens (tertiary/aromatic N) is 1. The first-order valence-electron chi connectivity index (χ1n) is 10.3. The van der Waals surface area contributed by atoms with Gasteiger partial charge in [0.2, 0.25) is 5.91 Å². The Morgan fingerprint density at radius 1 is 1.03 bits per heavy atom. The molecule has 3 rings (SSSR count). The third-order valence-electron chi connectivity index (χ3n) is 4.91. The van der Waals surface area contributed by atoms with E-state index in [1.54, 1.807) is 48.4 Å². The maximum absolute atomic E-state index is 13.5. The first kappa shape index (κ1) is 23.9. The Morgan fingerprint density at radius 2 is 1.75 bits per heavy atom. The molecule has 0 radical (unpaired) electrons. The number of hydrogen-bond donors (Lipinski definition) is 1. The summed E-state index contributed by atoms with van der Waals surface area (Å²) in [4.78, 5) is 12.8. The maximum atomic E-state index is 13.5. The van der Waals surface area contributed by atoms with E-state index in [4.69, 9.17) is 4.42 Å². The van der Waals surface area contributed by atoms with E-state index in [9.17, 15) is 13.2 Å². The van der Waals surface area contributed by atoms with Crippen LogP contribution in [0.5, 0.6) is 0 Å². The molecule has 0 atom stereocenters. The Hall–Kier alpha value is -2.71. The van der Waals surface area contributed by atoms with E-state index in [-0.39, 0.29) is 17.3 Å². The lowest BCUT2D eigenvalue weighted by Crippen LogP contribution is -2.41. The molecule has 1 N–H and O–H groups in total. The molecule has 0 unspecified atom stereocenters. The van der Waals surface area contributed by atoms with Crippen molar-refractivity contribution in [2.24, 2.45) is 0 Å². The second-order valence-electron chi connectivity index (χ2n) is 7.60. The van der Waals surface area contributed by atoms with Crippen LogP contribution in [-0.4, -0.2) is 33.2 Å². The van der Waals surface area contributed by atoms with E-state index in [0.29, 0.717) is 18.0 Å². The van der Waals surface area contributed by atoms with Crippen molar-refractivity contribution in [1.29, 1.82) is 0 Å². The molecule has 6 nitrogen and oxygen atoms in total. The monoisotopic (exact) mass is 472 g/mol. The van der Waals surface area contributed by atoms with Crippen LogP contribution in [0, 0.1) is 20.8 Å². The summed E-state index contributed by atoms with van der Waals surface area (Å²) in [6.45, 7) is 5.85. The highest BCUT2D eigenvalue weighted by atomic mass is 32.2. The van der Waals surface area contributed by atoms with E-state index in [1.807, 2.05) is 45.0 Å². The summed E-state index contributed by atoms with van der Waals surface area (Å²) < 4.78 is 33.4. The summed E-state index contributed by atoms with van der Waals surface area (Å²) in [6.07, 6.45) is 1.63. The fourth-order valence-corrected chi connectivity index (χ4v) is 5.48. The Labute approximate surface area is 194 Å². The number of anilines is 1. The van der Waals surface area contributed by atoms with Gasteiger partial charge in [-0.05, 0) is 56.7 Å². The minimum Gasteiger partial charge on any atom is -0.468 e. The zero-order chi connectivity index (χ0) is 23.1. The number of thioether (sulfide) groups is 1. The van der Waals surface area contributed by atoms with E-state index >= 15 is 0 Å². The van der Waals surface area contributed by atoms with E-state index in [0.717, 1.165) is 28.2 Å². The number of amides is 1. The highest BCUT2D eigenvalue weighted by Crippen LogP contribution is 2.27. The highest BCUT2D eigenvalue weighted by Gasteiger charge is 2.28. The number of furan rings is 1. The van der Waals surface area contributed by atoms with Gasteiger partial charge < -0.3 is 9.73 Å². The molecule has 3 aromatic rings. The van der Waals surface area contributed by atoms with Crippen molar-refractivity contribution < 1.29 is 17.6 Å². The zero-order valence-corrected chi connectivity index (χ0v) is 20.1. The summed E-state index contributed by atoms with van der Waals surface area (Å²) in [5.41, 5.74) is 3.28. The molecule has 32 heavy (non-hydrogen) atoms. The van der Waals surface area contributed by atoms with E-state index in [2.05, 4.69) is 5.32 Å². The quantitative estimate of drug-likeness (QED) is 0.441. The Balaban J connectivity index is 1.72. The van der Waals surface area contributed by atoms with Crippen LogP contribution in [0.2, 0.25) is 0 Å². The molecule has 0 aliphatic carbocycles. The third kappa shape index (κ3) is 6.17. The van der Waals surface area contributed by atoms with Crippen molar-refractivity contribution >= 4 is 33.4 Å². The molecule has 0 aliphatic rings. The average molecular weight is 473 g/mol. The maximum Gasteiger partial charge on any atom is 0.264 e. The first-order valence-corrected chi connectivity index (χ1v) is 12.9. The highest BCUT2D eigenvalue weighted by molar-refractivity contribution is 7.98. The number of sulfonamides is 1. The van der Waals surface area contributed by atoms with Gasteiger partial charge in [0.05, 0.1) is 22.6 Å². The van der Waals surface area contributed by atoms with Gasteiger partial charge in [-0.25, -0.2) is 8.42 Å². The van der Waals surface area contributed by atoms with Crippen molar-refractivity contribution in [1.82, 2.24) is 5.32 Å². The largest absolute Gasteiger partial charge is 0.468 e. The number of hydrogen-bond acceptors (Lipinski definition) is 5. The second kappa shape index (κ2) is 10.7. The molecule has 0 aliphatic heterocycles. The van der Waals surface area contributed by atoms with Crippen LogP contribution >= 0.6 is 11.8 Å². The summed E-state index contributed by atoms with van der Waals surface area (Å²) in [7, 11) is -3.91. The predicted octanol–water partition coefficient (Wildman–Crippen LogP) is 4.45. The Bertz CT molecular complexity index is 1140. The number of rotatable bonds is 10. The normalized spacial score (nSPS) is 11.3. The summed E-state index contributed by atoms with van der Waals surface area (Å²) in [6, 6.07) is 15.9. The van der Waals surface area contributed by atoms with Crippen molar-refractivity contribution in [3.8, 4) is 0 Å². The van der Waals surface area contributed by atoms with Gasteiger partial charge in [-0.1, -0.05) is 35.4 Å². The Morgan fingerprint density at radius 3 is 2.41 bits per heavy atom. The topological polar surface area (TPSA) is 79.6 Å². The van der Waals surface area contributed by atoms with Crippen LogP contribution in [0.1, 0.15) is 22.5 Å². The van der Waals surface area contributed by atoms with Crippen LogP contribution in [-0.2, 0) is 20.6 Å². The van der Waals surface area contributed by atoms with Gasteiger partial charge in [0.1, 0.15) is 12.3 Å². The van der Waals surface area contributed by atoms with Crippen LogP contribution < -0.4 is 9.62 Å². The van der Waals surface area contributed by atoms with Gasteiger partial charge in [-0.2, -0.15) is 11.8 Å². The molecule has 1 amide bonds. The molecule has 0 spiro atoms. The minimum absolute atomic E-state index is 0.157. The number of nitrogens with one attached hydrogen (secondary N) is 1. The fourth-order valence-electron chi connectivity index (χ4n) is 3.24. The molecule has 170 valence electrons. The first-order chi connectivity index (χ1) is 15.3. The molecule has 8 heteroatoms. The van der Waals surface area contributed by atoms with Crippen LogP contribution in [0.15, 0.2) is 70.2 Å². The molecule has 0 fully saturated rings. The van der Waals surface area contributed by atoms with Gasteiger partial charge >= 0.3 is 0 Å². The standard InChI is InChI=1S/C24H28N2O4S2/c1-18-6-9-22(10-7-18)32(28,29)26(23-11-8-19(2)15-20(23)3)16-24(27)25-12-14-31-17-21-5-4-13-30-21/h4-11,13,15H,12,14,16-17H2,1-3H3,(H,25,27). The lowest BCUT2D eigenvalue weighted by Gasteiger charge is -2.26. The molecule has 0 bridgehead atoms. The van der Waals surface area contributed by atoms with E-state index in [1.165, 1.54) is 4.31 Å². The van der Waals surface area contributed by atoms with Gasteiger partial charge in [-0.3, -0.25) is 9.10 Å². The zero-order valence-electron chi connectivity index (χ0n) is 18.5. The SMILES string of the molecule is Cc1ccc(S(=O)(=O)N(CC(=O)NCCSCc2ccco2)c2ccc(C)cc2C)cc1. The average Bonchev–Trinajstić information content (AvgIpc) is 3.26. The molecular weight excluding hydrogens is 444 g/mol. The van der Waals surface area contributed by atoms with Crippen molar-refractivity contribution in [3.63, 3.8) is 0 Å². The van der Waals surface area contributed by atoms with Gasteiger partial charge in [0, 0.05) is 12.3 Å². The molecule has 1 aromatic heterocycles. The smallest absolute Gasteiger partial charge is 0.264 e. The van der Waals surface area contributed by atoms with Crippen LogP contribution in [0.4, 0.5) is 5.69 Å². The van der Waals surface area contributed by atoms with Gasteiger partial charge in [0.25, 0.3) is 10.0 Å². The second-order valence-corrected chi connectivity index (χ2v) is 10.6. The fraction of sp³-hybridized carbons (Fsp3) is 0.292. The van der Waals surface area contributed by atoms with Gasteiger partial charge in [0.15, 0.2) is 0 Å². The minimum atomic E-state index is -3.91.